The molecule has 0 atom stereocenters. The quantitative estimate of drug-likeness (QED) is 0.0838. The summed E-state index contributed by atoms with van der Waals surface area (Å²) < 4.78 is 0. The van der Waals surface area contributed by atoms with Crippen molar-refractivity contribution in [3.8, 4) is 22.3 Å². The molecule has 0 fully saturated rings. The second kappa shape index (κ2) is 16.4. The predicted octanol–water partition coefficient (Wildman–Crippen LogP) is 12.6. The molecular weight excluding hydrogens is 593 g/mol. The Labute approximate surface area is 292 Å². The van der Waals surface area contributed by atoms with E-state index in [1.54, 1.807) is 0 Å². The lowest BCUT2D eigenvalue weighted by molar-refractivity contribution is 1.23. The minimum atomic E-state index is 0.541. The van der Waals surface area contributed by atoms with Gasteiger partial charge < -0.3 is 5.73 Å². The number of fused-ring (bicyclic) bond motifs is 3. The normalized spacial score (nSPS) is 13.7. The lowest BCUT2D eigenvalue weighted by atomic mass is 9.91. The van der Waals surface area contributed by atoms with Crippen LogP contribution in [-0.2, 0) is 0 Å². The van der Waals surface area contributed by atoms with Gasteiger partial charge in [-0.2, -0.15) is 0 Å². The van der Waals surface area contributed by atoms with E-state index in [4.69, 9.17) is 10.7 Å². The van der Waals surface area contributed by atoms with Gasteiger partial charge >= 0.3 is 0 Å². The van der Waals surface area contributed by atoms with Crippen LogP contribution in [0.15, 0.2) is 169 Å². The molecule has 0 bridgehead atoms. The highest BCUT2D eigenvalue weighted by atomic mass is 14.9. The second-order valence-corrected chi connectivity index (χ2v) is 12.2. The van der Waals surface area contributed by atoms with Crippen LogP contribution in [0, 0.1) is 13.8 Å². The summed E-state index contributed by atoms with van der Waals surface area (Å²) in [5.41, 5.74) is 20.7. The number of aliphatic imine (C=N–C) groups is 1. The van der Waals surface area contributed by atoms with Crippen molar-refractivity contribution in [1.29, 1.82) is 0 Å². The molecule has 2 nitrogen and oxygen atoms in total. The zero-order chi connectivity index (χ0) is 34.8. The van der Waals surface area contributed by atoms with E-state index in [9.17, 15) is 0 Å². The SMILES string of the molecule is C=C(/C=C\C)c1ccc2c(c1C)-c1cccc3cccc-2c13.C=CCC.Cc1ccc(C(N)=N/C(=C2/C=CC=CC2)c2ccccc2)cc1. The summed E-state index contributed by atoms with van der Waals surface area (Å²) in [6.45, 7) is 16.1. The number of rotatable bonds is 6. The van der Waals surface area contributed by atoms with Crippen LogP contribution in [0.3, 0.4) is 0 Å². The largest absolute Gasteiger partial charge is 0.383 e. The first-order valence-electron chi connectivity index (χ1n) is 17.0. The monoisotopic (exact) mass is 638 g/mol. The second-order valence-electron chi connectivity index (χ2n) is 12.2. The van der Waals surface area contributed by atoms with E-state index in [0.717, 1.165) is 35.2 Å². The van der Waals surface area contributed by atoms with Gasteiger partial charge in [0, 0.05) is 11.1 Å². The van der Waals surface area contributed by atoms with Gasteiger partial charge in [-0.3, -0.25) is 0 Å². The van der Waals surface area contributed by atoms with Gasteiger partial charge in [0.05, 0.1) is 5.70 Å². The fourth-order valence-electron chi connectivity index (χ4n) is 6.21. The van der Waals surface area contributed by atoms with Crippen molar-refractivity contribution >= 4 is 27.9 Å². The summed E-state index contributed by atoms with van der Waals surface area (Å²) in [7, 11) is 0. The van der Waals surface area contributed by atoms with Crippen LogP contribution >= 0.6 is 0 Å². The predicted molar refractivity (Wildman–Crippen MR) is 216 cm³/mol. The molecule has 0 radical (unpaired) electrons. The Balaban J connectivity index is 0.000000173. The van der Waals surface area contributed by atoms with Gasteiger partial charge in [-0.25, -0.2) is 4.99 Å². The van der Waals surface area contributed by atoms with Crippen LogP contribution in [0.1, 0.15) is 54.5 Å². The third-order valence-corrected chi connectivity index (χ3v) is 8.75. The highest BCUT2D eigenvalue weighted by molar-refractivity contribution is 6.16. The highest BCUT2D eigenvalue weighted by Crippen LogP contribution is 2.49. The molecule has 0 heterocycles. The summed E-state index contributed by atoms with van der Waals surface area (Å²) in [4.78, 5) is 4.76. The standard InChI is InChI=1S/C22H18.C21H20N2.C4H8/c1-4-7-14(2)17-12-13-19-18-10-5-8-16-9-6-11-20(22(16)18)21(19)15(17)3;1-16-12-14-19(15-13-16)21(22)23-20(17-8-4-2-5-9-17)18-10-6-3-7-11-18;1-3-4-2/h4-13H,2H2,1,3H3;2-10,12-15H,11H2,1H3,(H2,22,23);3H,1,4H2,2H3/b7-4-;20-18-;. The average Bonchev–Trinajstić information content (AvgIpc) is 3.48. The van der Waals surface area contributed by atoms with Crippen molar-refractivity contribution in [2.75, 3.05) is 0 Å². The fourth-order valence-corrected chi connectivity index (χ4v) is 6.21. The van der Waals surface area contributed by atoms with E-state index in [1.165, 1.54) is 55.3 Å². The molecule has 0 spiro atoms. The Morgan fingerprint density at radius 1 is 0.796 bits per heavy atom. The first-order chi connectivity index (χ1) is 23.9. The zero-order valence-corrected chi connectivity index (χ0v) is 29.2. The molecule has 2 heteroatoms. The number of nitrogens with zero attached hydrogens (tertiary/aromatic N) is 1. The molecule has 244 valence electrons. The molecule has 5 aromatic carbocycles. The number of amidine groups is 1. The average molecular weight is 639 g/mol. The molecule has 0 unspecified atom stereocenters. The summed E-state index contributed by atoms with van der Waals surface area (Å²) in [5, 5.41) is 2.70. The van der Waals surface area contributed by atoms with Crippen LogP contribution in [0.4, 0.5) is 0 Å². The maximum absolute atomic E-state index is 6.26. The molecule has 49 heavy (non-hydrogen) atoms. The third-order valence-electron chi connectivity index (χ3n) is 8.75. The molecule has 5 aromatic rings. The van der Waals surface area contributed by atoms with E-state index in [-0.39, 0.29) is 0 Å². The molecule has 7 rings (SSSR count). The Morgan fingerprint density at radius 2 is 1.49 bits per heavy atom. The van der Waals surface area contributed by atoms with E-state index in [1.807, 2.05) is 55.5 Å². The maximum Gasteiger partial charge on any atom is 0.131 e. The Kier molecular flexibility index (Phi) is 11.6. The van der Waals surface area contributed by atoms with Gasteiger partial charge in [-0.05, 0) is 88.9 Å². The molecule has 0 amide bonds. The van der Waals surface area contributed by atoms with Crippen molar-refractivity contribution in [2.45, 2.75) is 40.5 Å². The van der Waals surface area contributed by atoms with Crippen molar-refractivity contribution in [3.05, 3.63) is 192 Å². The number of hydrogen-bond donors (Lipinski definition) is 1. The number of nitrogens with two attached hydrogens (primary N) is 1. The first kappa shape index (κ1) is 34.6. The summed E-state index contributed by atoms with van der Waals surface area (Å²) in [6.07, 6.45) is 16.3. The van der Waals surface area contributed by atoms with E-state index >= 15 is 0 Å². The van der Waals surface area contributed by atoms with Gasteiger partial charge in [-0.15, -0.1) is 6.58 Å². The van der Waals surface area contributed by atoms with Gasteiger partial charge in [0.1, 0.15) is 5.84 Å². The van der Waals surface area contributed by atoms with Gasteiger partial charge in [0.15, 0.2) is 0 Å². The molecular formula is C47H46N2. The topological polar surface area (TPSA) is 38.4 Å². The summed E-state index contributed by atoms with van der Waals surface area (Å²) in [6, 6.07) is 36.0. The highest BCUT2D eigenvalue weighted by Gasteiger charge is 2.23. The fraction of sp³-hybridized carbons (Fsp3) is 0.128. The van der Waals surface area contributed by atoms with Crippen LogP contribution in [-0.4, -0.2) is 5.84 Å². The minimum Gasteiger partial charge on any atom is -0.383 e. The summed E-state index contributed by atoms with van der Waals surface area (Å²) in [5.74, 6) is 0.541. The number of aryl methyl sites for hydroxylation is 1. The molecule has 0 saturated heterocycles. The van der Waals surface area contributed by atoms with Crippen LogP contribution in [0.25, 0.3) is 44.3 Å². The van der Waals surface area contributed by atoms with Gasteiger partial charge in [0.25, 0.3) is 0 Å². The minimum absolute atomic E-state index is 0.541. The van der Waals surface area contributed by atoms with Crippen molar-refractivity contribution in [1.82, 2.24) is 0 Å². The van der Waals surface area contributed by atoms with E-state index in [0.29, 0.717) is 5.84 Å². The van der Waals surface area contributed by atoms with Crippen molar-refractivity contribution in [2.24, 2.45) is 10.7 Å². The molecule has 2 N–H and O–H groups in total. The van der Waals surface area contributed by atoms with Crippen LogP contribution < -0.4 is 5.73 Å². The van der Waals surface area contributed by atoms with E-state index < -0.39 is 0 Å². The number of allylic oxidation sites excluding steroid dienone is 9. The molecule has 2 aliphatic rings. The molecule has 0 aromatic heterocycles. The van der Waals surface area contributed by atoms with E-state index in [2.05, 4.69) is 131 Å². The Bertz CT molecular complexity index is 2110. The lowest BCUT2D eigenvalue weighted by Crippen LogP contribution is -2.13. The Morgan fingerprint density at radius 3 is 2.12 bits per heavy atom. The van der Waals surface area contributed by atoms with Gasteiger partial charge in [0.2, 0.25) is 0 Å². The van der Waals surface area contributed by atoms with Crippen molar-refractivity contribution in [3.63, 3.8) is 0 Å². The first-order valence-corrected chi connectivity index (χ1v) is 17.0. The molecule has 2 aliphatic carbocycles. The number of benzene rings is 5. The lowest BCUT2D eigenvalue weighted by Gasteiger charge is -2.12. The molecule has 0 saturated carbocycles. The van der Waals surface area contributed by atoms with Crippen molar-refractivity contribution < 1.29 is 0 Å². The zero-order valence-electron chi connectivity index (χ0n) is 29.2. The summed E-state index contributed by atoms with van der Waals surface area (Å²) >= 11 is 0. The van der Waals surface area contributed by atoms with Gasteiger partial charge in [-0.1, -0.05) is 165 Å². The third kappa shape index (κ3) is 7.88. The number of hydrogen-bond acceptors (Lipinski definition) is 1. The maximum atomic E-state index is 6.26. The van der Waals surface area contributed by atoms with Crippen LogP contribution in [0.5, 0.6) is 0 Å². The smallest absolute Gasteiger partial charge is 0.131 e. The van der Waals surface area contributed by atoms with Crippen LogP contribution in [0.2, 0.25) is 0 Å². The Hall–Kier alpha value is -5.73. The molecule has 0 aliphatic heterocycles.